The van der Waals surface area contributed by atoms with Gasteiger partial charge in [-0.05, 0) is 32.1 Å². The van der Waals surface area contributed by atoms with E-state index in [1.165, 1.54) is 0 Å². The molecule has 0 aromatic carbocycles. The van der Waals surface area contributed by atoms with Gasteiger partial charge in [-0.3, -0.25) is 4.79 Å². The topological polar surface area (TPSA) is 79.5 Å². The lowest BCUT2D eigenvalue weighted by atomic mass is 9.93. The van der Waals surface area contributed by atoms with Crippen LogP contribution < -0.4 is 5.73 Å². The Labute approximate surface area is 123 Å². The summed E-state index contributed by atoms with van der Waals surface area (Å²) >= 11 is 1.56. The standard InChI is InChI=1S/C14H23N3O2S/c1-10-9-20-13(16-10)8-12(15)14(19)17-5-2-11(3-6-17)4-7-18/h9,11-12,18H,2-8,15H2,1H3/t12-/m0/s1. The molecule has 0 radical (unpaired) electrons. The van der Waals surface area contributed by atoms with Gasteiger partial charge in [-0.25, -0.2) is 4.98 Å². The number of aryl methyl sites for hydroxylation is 1. The maximum Gasteiger partial charge on any atom is 0.239 e. The van der Waals surface area contributed by atoms with E-state index in [4.69, 9.17) is 10.8 Å². The van der Waals surface area contributed by atoms with Gasteiger partial charge >= 0.3 is 0 Å². The third kappa shape index (κ3) is 4.01. The summed E-state index contributed by atoms with van der Waals surface area (Å²) in [6, 6.07) is -0.491. The Balaban J connectivity index is 1.82. The lowest BCUT2D eigenvalue weighted by molar-refractivity contribution is -0.134. The summed E-state index contributed by atoms with van der Waals surface area (Å²) in [4.78, 5) is 18.5. The van der Waals surface area contributed by atoms with Crippen LogP contribution in [0.2, 0.25) is 0 Å². The molecule has 1 fully saturated rings. The fourth-order valence-electron chi connectivity index (χ4n) is 2.63. The minimum absolute atomic E-state index is 0.0281. The van der Waals surface area contributed by atoms with Crippen molar-refractivity contribution in [1.82, 2.24) is 9.88 Å². The number of nitrogens with zero attached hydrogens (tertiary/aromatic N) is 2. The molecular weight excluding hydrogens is 274 g/mol. The average Bonchev–Trinajstić information content (AvgIpc) is 2.84. The summed E-state index contributed by atoms with van der Waals surface area (Å²) in [7, 11) is 0. The molecule has 1 aliphatic heterocycles. The summed E-state index contributed by atoms with van der Waals surface area (Å²) in [5.41, 5.74) is 7.00. The number of aliphatic hydroxyl groups is 1. The van der Waals surface area contributed by atoms with Crippen molar-refractivity contribution in [3.8, 4) is 0 Å². The lowest BCUT2D eigenvalue weighted by Gasteiger charge is -2.33. The number of nitrogens with two attached hydrogens (primary N) is 1. The van der Waals surface area contributed by atoms with Gasteiger partial charge in [0.2, 0.25) is 5.91 Å². The predicted octanol–water partition coefficient (Wildman–Crippen LogP) is 0.942. The molecule has 1 aromatic heterocycles. The summed E-state index contributed by atoms with van der Waals surface area (Å²) < 4.78 is 0. The van der Waals surface area contributed by atoms with Gasteiger partial charge in [-0.1, -0.05) is 0 Å². The summed E-state index contributed by atoms with van der Waals surface area (Å²) in [5.74, 6) is 0.571. The number of aromatic nitrogens is 1. The first-order valence-electron chi connectivity index (χ1n) is 7.16. The van der Waals surface area contributed by atoms with Crippen LogP contribution in [0.1, 0.15) is 30.0 Å². The van der Waals surface area contributed by atoms with Crippen LogP contribution in [0.5, 0.6) is 0 Å². The minimum atomic E-state index is -0.491. The van der Waals surface area contributed by atoms with Gasteiger partial charge in [0.05, 0.1) is 11.0 Å². The molecule has 0 unspecified atom stereocenters. The van der Waals surface area contributed by atoms with E-state index < -0.39 is 6.04 Å². The van der Waals surface area contributed by atoms with Crippen LogP contribution in [0.25, 0.3) is 0 Å². The molecule has 3 N–H and O–H groups in total. The highest BCUT2D eigenvalue weighted by molar-refractivity contribution is 7.09. The van der Waals surface area contributed by atoms with Crippen LogP contribution in [-0.4, -0.2) is 46.6 Å². The fourth-order valence-corrected chi connectivity index (χ4v) is 3.46. The number of aliphatic hydroxyl groups excluding tert-OH is 1. The van der Waals surface area contributed by atoms with E-state index >= 15 is 0 Å². The zero-order chi connectivity index (χ0) is 14.5. The molecule has 20 heavy (non-hydrogen) atoms. The fraction of sp³-hybridized carbons (Fsp3) is 0.714. The van der Waals surface area contributed by atoms with Gasteiger partial charge < -0.3 is 15.7 Å². The van der Waals surface area contributed by atoms with Crippen molar-refractivity contribution in [3.05, 3.63) is 16.1 Å². The monoisotopic (exact) mass is 297 g/mol. The molecule has 1 atom stereocenters. The molecule has 1 amide bonds. The number of rotatable bonds is 5. The smallest absolute Gasteiger partial charge is 0.239 e. The third-order valence-electron chi connectivity index (χ3n) is 3.84. The molecule has 6 heteroatoms. The SMILES string of the molecule is Cc1csc(C[C@H](N)C(=O)N2CCC(CCO)CC2)n1. The van der Waals surface area contributed by atoms with E-state index in [1.807, 2.05) is 17.2 Å². The number of amides is 1. The molecule has 1 saturated heterocycles. The first-order chi connectivity index (χ1) is 9.60. The second kappa shape index (κ2) is 7.15. The van der Waals surface area contributed by atoms with E-state index in [0.717, 1.165) is 43.1 Å². The van der Waals surface area contributed by atoms with Gasteiger partial charge in [-0.2, -0.15) is 0 Å². The van der Waals surface area contributed by atoms with Crippen molar-refractivity contribution in [2.45, 2.75) is 38.6 Å². The predicted molar refractivity (Wildman–Crippen MR) is 79.5 cm³/mol. The maximum atomic E-state index is 12.3. The van der Waals surface area contributed by atoms with E-state index in [0.29, 0.717) is 12.3 Å². The maximum absolute atomic E-state index is 12.3. The van der Waals surface area contributed by atoms with E-state index in [2.05, 4.69) is 4.98 Å². The van der Waals surface area contributed by atoms with Crippen molar-refractivity contribution in [1.29, 1.82) is 0 Å². The Bertz CT molecular complexity index is 441. The summed E-state index contributed by atoms with van der Waals surface area (Å²) in [6.07, 6.45) is 3.30. The van der Waals surface area contributed by atoms with Gasteiger partial charge in [0.1, 0.15) is 0 Å². The minimum Gasteiger partial charge on any atom is -0.396 e. The lowest BCUT2D eigenvalue weighted by Crippen LogP contribution is -2.48. The number of hydrogen-bond acceptors (Lipinski definition) is 5. The number of thiazole rings is 1. The summed E-state index contributed by atoms with van der Waals surface area (Å²) in [5, 5.41) is 11.8. The van der Waals surface area contributed by atoms with Gasteiger partial charge in [0.25, 0.3) is 0 Å². The molecule has 0 spiro atoms. The largest absolute Gasteiger partial charge is 0.396 e. The molecule has 0 bridgehead atoms. The molecular formula is C14H23N3O2S. The third-order valence-corrected chi connectivity index (χ3v) is 4.83. The van der Waals surface area contributed by atoms with Crippen molar-refractivity contribution in [3.63, 3.8) is 0 Å². The zero-order valence-corrected chi connectivity index (χ0v) is 12.7. The highest BCUT2D eigenvalue weighted by Gasteiger charge is 2.26. The quantitative estimate of drug-likeness (QED) is 0.848. The zero-order valence-electron chi connectivity index (χ0n) is 11.9. The number of piperidine rings is 1. The molecule has 1 aromatic rings. The molecule has 2 rings (SSSR count). The first-order valence-corrected chi connectivity index (χ1v) is 8.04. The number of hydrogen-bond donors (Lipinski definition) is 2. The van der Waals surface area contributed by atoms with E-state index in [-0.39, 0.29) is 12.5 Å². The summed E-state index contributed by atoms with van der Waals surface area (Å²) in [6.45, 7) is 3.70. The van der Waals surface area contributed by atoms with Crippen molar-refractivity contribution < 1.29 is 9.90 Å². The number of carbonyl (C=O) groups is 1. The molecule has 1 aliphatic rings. The Morgan fingerprint density at radius 2 is 2.30 bits per heavy atom. The van der Waals surface area contributed by atoms with Crippen LogP contribution in [0.15, 0.2) is 5.38 Å². The van der Waals surface area contributed by atoms with Gasteiger partial charge in [0.15, 0.2) is 0 Å². The second-order valence-corrected chi connectivity index (χ2v) is 6.42. The van der Waals surface area contributed by atoms with Crippen LogP contribution in [0, 0.1) is 12.8 Å². The van der Waals surface area contributed by atoms with Crippen LogP contribution in [0.4, 0.5) is 0 Å². The Morgan fingerprint density at radius 3 is 2.85 bits per heavy atom. The first kappa shape index (κ1) is 15.4. The number of carbonyl (C=O) groups excluding carboxylic acids is 1. The highest BCUT2D eigenvalue weighted by Crippen LogP contribution is 2.21. The molecule has 5 nitrogen and oxygen atoms in total. The van der Waals surface area contributed by atoms with E-state index in [9.17, 15) is 4.79 Å². The van der Waals surface area contributed by atoms with Crippen LogP contribution in [0.3, 0.4) is 0 Å². The molecule has 2 heterocycles. The Morgan fingerprint density at radius 1 is 1.60 bits per heavy atom. The molecule has 0 aliphatic carbocycles. The molecule has 112 valence electrons. The Hall–Kier alpha value is -0.980. The normalized spacial score (nSPS) is 18.2. The van der Waals surface area contributed by atoms with Crippen molar-refractivity contribution in [2.24, 2.45) is 11.7 Å². The average molecular weight is 297 g/mol. The number of likely N-dealkylation sites (tertiary alicyclic amines) is 1. The van der Waals surface area contributed by atoms with Gasteiger partial charge in [-0.15, -0.1) is 11.3 Å². The van der Waals surface area contributed by atoms with Gasteiger partial charge in [0, 0.05) is 37.2 Å². The molecule has 0 saturated carbocycles. The van der Waals surface area contributed by atoms with E-state index in [1.54, 1.807) is 11.3 Å². The highest BCUT2D eigenvalue weighted by atomic mass is 32.1. The Kier molecular flexibility index (Phi) is 5.51. The van der Waals surface area contributed by atoms with Crippen LogP contribution >= 0.6 is 11.3 Å². The van der Waals surface area contributed by atoms with Crippen LogP contribution in [-0.2, 0) is 11.2 Å². The second-order valence-electron chi connectivity index (χ2n) is 5.47. The van der Waals surface area contributed by atoms with Crippen molar-refractivity contribution in [2.75, 3.05) is 19.7 Å². The van der Waals surface area contributed by atoms with Crippen molar-refractivity contribution >= 4 is 17.2 Å².